The third-order valence-electron chi connectivity index (χ3n) is 2.87. The minimum Gasteiger partial charge on any atom is -0.411 e. The van der Waals surface area contributed by atoms with Crippen LogP contribution < -0.4 is 0 Å². The average molecular weight is 338 g/mol. The van der Waals surface area contributed by atoms with Crippen molar-refractivity contribution in [2.75, 3.05) is 0 Å². The largest absolute Gasteiger partial charge is 0.411 e. The van der Waals surface area contributed by atoms with Crippen molar-refractivity contribution in [3.63, 3.8) is 0 Å². The van der Waals surface area contributed by atoms with Crippen LogP contribution in [0.1, 0.15) is 32.1 Å². The lowest BCUT2D eigenvalue weighted by Gasteiger charge is -2.33. The first kappa shape index (κ1) is 13.7. The SMILES string of the molecule is C[Si](C)(C)O[C@@H](/C=C\I)C1CCCCC1. The fraction of sp³-hybridized carbons (Fsp3) is 0.833. The zero-order chi connectivity index (χ0) is 11.3. The van der Waals surface area contributed by atoms with E-state index in [-0.39, 0.29) is 0 Å². The molecule has 1 aliphatic rings. The van der Waals surface area contributed by atoms with Gasteiger partial charge in [-0.25, -0.2) is 0 Å². The number of hydrogen-bond acceptors (Lipinski definition) is 1. The average Bonchev–Trinajstić information content (AvgIpc) is 2.17. The summed E-state index contributed by atoms with van der Waals surface area (Å²) in [7, 11) is -1.40. The van der Waals surface area contributed by atoms with E-state index >= 15 is 0 Å². The lowest BCUT2D eigenvalue weighted by Crippen LogP contribution is -2.36. The molecule has 0 aromatic rings. The highest BCUT2D eigenvalue weighted by atomic mass is 127. The molecule has 15 heavy (non-hydrogen) atoms. The first-order valence-electron chi connectivity index (χ1n) is 5.97. The summed E-state index contributed by atoms with van der Waals surface area (Å²) < 4.78 is 8.39. The van der Waals surface area contributed by atoms with E-state index in [4.69, 9.17) is 4.43 Å². The van der Waals surface area contributed by atoms with Gasteiger partial charge in [0.15, 0.2) is 8.32 Å². The predicted molar refractivity (Wildman–Crippen MR) is 78.0 cm³/mol. The highest BCUT2D eigenvalue weighted by Crippen LogP contribution is 2.30. The highest BCUT2D eigenvalue weighted by Gasteiger charge is 2.27. The Kier molecular flexibility index (Phi) is 5.85. The maximum absolute atomic E-state index is 6.26. The molecule has 0 aliphatic heterocycles. The second kappa shape index (κ2) is 6.40. The monoisotopic (exact) mass is 338 g/mol. The molecule has 1 fully saturated rings. The summed E-state index contributed by atoms with van der Waals surface area (Å²) in [6.45, 7) is 6.84. The van der Waals surface area contributed by atoms with E-state index in [0.717, 1.165) is 5.92 Å². The van der Waals surface area contributed by atoms with Crippen LogP contribution in [0.25, 0.3) is 0 Å². The van der Waals surface area contributed by atoms with Gasteiger partial charge < -0.3 is 4.43 Å². The molecule has 1 aliphatic carbocycles. The number of hydrogen-bond donors (Lipinski definition) is 0. The Balaban J connectivity index is 2.55. The molecule has 1 nitrogen and oxygen atoms in total. The van der Waals surface area contributed by atoms with Crippen LogP contribution >= 0.6 is 22.6 Å². The van der Waals surface area contributed by atoms with E-state index in [0.29, 0.717) is 6.10 Å². The molecule has 0 N–H and O–H groups in total. The molecular formula is C12H23IOSi. The van der Waals surface area contributed by atoms with Gasteiger partial charge in [0.05, 0.1) is 6.10 Å². The first-order chi connectivity index (χ1) is 7.03. The Labute approximate surface area is 109 Å². The van der Waals surface area contributed by atoms with E-state index in [9.17, 15) is 0 Å². The summed E-state index contributed by atoms with van der Waals surface area (Å²) >= 11 is 2.31. The third-order valence-corrected chi connectivity index (χ3v) is 4.26. The summed E-state index contributed by atoms with van der Waals surface area (Å²) in [5.74, 6) is 0.775. The molecule has 0 radical (unpaired) electrons. The van der Waals surface area contributed by atoms with Crippen LogP contribution in [0, 0.1) is 5.92 Å². The van der Waals surface area contributed by atoms with Gasteiger partial charge in [-0.1, -0.05) is 47.9 Å². The quantitative estimate of drug-likeness (QED) is 0.532. The zero-order valence-corrected chi connectivity index (χ0v) is 13.3. The first-order valence-corrected chi connectivity index (χ1v) is 10.6. The van der Waals surface area contributed by atoms with E-state index < -0.39 is 8.32 Å². The zero-order valence-electron chi connectivity index (χ0n) is 10.1. The molecule has 0 unspecified atom stereocenters. The van der Waals surface area contributed by atoms with E-state index in [1.54, 1.807) is 0 Å². The minimum atomic E-state index is -1.40. The molecule has 1 atom stereocenters. The Morgan fingerprint density at radius 1 is 1.20 bits per heavy atom. The van der Waals surface area contributed by atoms with Crippen LogP contribution in [0.2, 0.25) is 19.6 Å². The van der Waals surface area contributed by atoms with Gasteiger partial charge in [-0.3, -0.25) is 0 Å². The molecule has 1 rings (SSSR count). The van der Waals surface area contributed by atoms with Crippen molar-refractivity contribution in [1.29, 1.82) is 0 Å². The Morgan fingerprint density at radius 3 is 2.27 bits per heavy atom. The molecular weight excluding hydrogens is 315 g/mol. The molecule has 0 amide bonds. The smallest absolute Gasteiger partial charge is 0.184 e. The van der Waals surface area contributed by atoms with Crippen molar-refractivity contribution in [3.8, 4) is 0 Å². The van der Waals surface area contributed by atoms with Gasteiger partial charge in [-0.2, -0.15) is 0 Å². The van der Waals surface area contributed by atoms with Crippen LogP contribution in [0.3, 0.4) is 0 Å². The summed E-state index contributed by atoms with van der Waals surface area (Å²) in [5.41, 5.74) is 0. The maximum atomic E-state index is 6.26. The van der Waals surface area contributed by atoms with E-state index in [1.165, 1.54) is 32.1 Å². The lowest BCUT2D eigenvalue weighted by molar-refractivity contribution is 0.141. The van der Waals surface area contributed by atoms with Crippen LogP contribution in [0.15, 0.2) is 10.2 Å². The molecule has 0 aromatic heterocycles. The molecule has 0 bridgehead atoms. The number of rotatable bonds is 4. The van der Waals surface area contributed by atoms with Crippen molar-refractivity contribution in [2.45, 2.75) is 57.8 Å². The summed E-state index contributed by atoms with van der Waals surface area (Å²) in [4.78, 5) is 0. The second-order valence-electron chi connectivity index (χ2n) is 5.41. The molecule has 0 spiro atoms. The van der Waals surface area contributed by atoms with Gasteiger partial charge in [0.25, 0.3) is 0 Å². The topological polar surface area (TPSA) is 9.23 Å². The van der Waals surface area contributed by atoms with Gasteiger partial charge in [-0.05, 0) is 42.5 Å². The van der Waals surface area contributed by atoms with Crippen LogP contribution in [0.4, 0.5) is 0 Å². The molecule has 88 valence electrons. The molecule has 0 saturated heterocycles. The van der Waals surface area contributed by atoms with E-state index in [1.807, 2.05) is 0 Å². The Hall–Kier alpha value is 0.647. The standard InChI is InChI=1S/C12H23IOSi/c1-15(2,3)14-12(9-10-13)11-7-5-4-6-8-11/h9-12H,4-8H2,1-3H3/b10-9-/t12-/m0/s1. The molecule has 0 heterocycles. The fourth-order valence-electron chi connectivity index (χ4n) is 2.24. The predicted octanol–water partition coefficient (Wildman–Crippen LogP) is 4.74. The fourth-order valence-corrected chi connectivity index (χ4v) is 3.73. The minimum absolute atomic E-state index is 0.383. The third kappa shape index (κ3) is 5.50. The van der Waals surface area contributed by atoms with Crippen molar-refractivity contribution in [1.82, 2.24) is 0 Å². The summed E-state index contributed by atoms with van der Waals surface area (Å²) in [6.07, 6.45) is 9.57. The summed E-state index contributed by atoms with van der Waals surface area (Å²) in [6, 6.07) is 0. The second-order valence-corrected chi connectivity index (χ2v) is 10.6. The number of halogens is 1. The summed E-state index contributed by atoms with van der Waals surface area (Å²) in [5, 5.41) is 0. The molecule has 1 saturated carbocycles. The van der Waals surface area contributed by atoms with Crippen LogP contribution in [-0.2, 0) is 4.43 Å². The molecule has 0 aromatic carbocycles. The Morgan fingerprint density at radius 2 is 1.80 bits per heavy atom. The van der Waals surface area contributed by atoms with Crippen molar-refractivity contribution < 1.29 is 4.43 Å². The maximum Gasteiger partial charge on any atom is 0.184 e. The lowest BCUT2D eigenvalue weighted by atomic mass is 9.85. The van der Waals surface area contributed by atoms with Gasteiger partial charge >= 0.3 is 0 Å². The van der Waals surface area contributed by atoms with Crippen LogP contribution in [-0.4, -0.2) is 14.4 Å². The van der Waals surface area contributed by atoms with Gasteiger partial charge in [0.1, 0.15) is 0 Å². The van der Waals surface area contributed by atoms with Crippen molar-refractivity contribution in [3.05, 3.63) is 10.2 Å². The van der Waals surface area contributed by atoms with Gasteiger partial charge in [0.2, 0.25) is 0 Å². The van der Waals surface area contributed by atoms with Crippen molar-refractivity contribution >= 4 is 30.9 Å². The normalized spacial score (nSPS) is 22.1. The molecule has 3 heteroatoms. The van der Waals surface area contributed by atoms with E-state index in [2.05, 4.69) is 52.4 Å². The Bertz CT molecular complexity index is 204. The van der Waals surface area contributed by atoms with Crippen LogP contribution in [0.5, 0.6) is 0 Å². The highest BCUT2D eigenvalue weighted by molar-refractivity contribution is 14.1. The van der Waals surface area contributed by atoms with Crippen molar-refractivity contribution in [2.24, 2.45) is 5.92 Å². The van der Waals surface area contributed by atoms with Gasteiger partial charge in [0, 0.05) is 0 Å². The van der Waals surface area contributed by atoms with Gasteiger partial charge in [-0.15, -0.1) is 0 Å².